The van der Waals surface area contributed by atoms with E-state index in [0.717, 1.165) is 5.69 Å². The molecule has 0 saturated heterocycles. The number of hydrogen-bond acceptors (Lipinski definition) is 1. The Bertz CT molecular complexity index is 3910. The lowest BCUT2D eigenvalue weighted by Crippen LogP contribution is -2.15. The summed E-state index contributed by atoms with van der Waals surface area (Å²) >= 11 is 0. The summed E-state index contributed by atoms with van der Waals surface area (Å²) in [6, 6.07) is 73.2. The van der Waals surface area contributed by atoms with E-state index in [9.17, 15) is 0 Å². The fraction of sp³-hybridized carbons (Fsp3) is 0.0923. The lowest BCUT2D eigenvalue weighted by atomic mass is 9.79. The molecule has 0 amide bonds. The van der Waals surface area contributed by atoms with Crippen molar-refractivity contribution in [3.63, 3.8) is 0 Å². The number of fused-ring (bicyclic) bond motifs is 13. The zero-order chi connectivity index (χ0) is 44.1. The van der Waals surface area contributed by atoms with E-state index in [2.05, 4.69) is 222 Å². The second-order valence-corrected chi connectivity index (χ2v) is 19.8. The quantitative estimate of drug-likeness (QED) is 0.161. The largest absolute Gasteiger partial charge is 0.256 e. The summed E-state index contributed by atoms with van der Waals surface area (Å²) in [7, 11) is 0. The predicted octanol–water partition coefficient (Wildman–Crippen LogP) is 17.5. The van der Waals surface area contributed by atoms with E-state index in [1.807, 2.05) is 6.20 Å². The number of benzene rings is 10. The smallest absolute Gasteiger partial charge is 0.0787 e. The molecule has 3 aliphatic carbocycles. The molecule has 1 heteroatoms. The molecule has 3 aliphatic rings. The molecule has 0 atom stereocenters. The first-order valence-corrected chi connectivity index (χ1v) is 23.4. The van der Waals surface area contributed by atoms with Gasteiger partial charge in [0.2, 0.25) is 0 Å². The van der Waals surface area contributed by atoms with Crippen LogP contribution < -0.4 is 0 Å². The van der Waals surface area contributed by atoms with Gasteiger partial charge in [0.05, 0.1) is 5.69 Å². The summed E-state index contributed by atoms with van der Waals surface area (Å²) in [6.07, 6.45) is 1.94. The van der Waals surface area contributed by atoms with E-state index in [1.165, 1.54) is 138 Å². The molecule has 0 N–H and O–H groups in total. The third kappa shape index (κ3) is 5.09. The van der Waals surface area contributed by atoms with Crippen LogP contribution in [0.5, 0.6) is 0 Å². The maximum atomic E-state index is 5.05. The van der Waals surface area contributed by atoms with Crippen molar-refractivity contribution in [2.24, 2.45) is 0 Å². The summed E-state index contributed by atoms with van der Waals surface area (Å²) in [5.41, 5.74) is 25.4. The predicted molar refractivity (Wildman–Crippen MR) is 278 cm³/mol. The fourth-order valence-corrected chi connectivity index (χ4v) is 12.3. The summed E-state index contributed by atoms with van der Waals surface area (Å²) in [4.78, 5) is 5.05. The molecule has 0 saturated carbocycles. The Labute approximate surface area is 385 Å². The van der Waals surface area contributed by atoms with E-state index in [-0.39, 0.29) is 10.8 Å². The van der Waals surface area contributed by atoms with Gasteiger partial charge in [0.15, 0.2) is 0 Å². The Kier molecular flexibility index (Phi) is 7.58. The summed E-state index contributed by atoms with van der Waals surface area (Å²) in [5, 5.41) is 7.60. The third-order valence-electron chi connectivity index (χ3n) is 15.7. The molecule has 0 aliphatic heterocycles. The highest BCUT2D eigenvalue weighted by atomic mass is 14.7. The second kappa shape index (κ2) is 13.3. The van der Waals surface area contributed by atoms with Crippen LogP contribution in [-0.4, -0.2) is 4.98 Å². The first-order valence-electron chi connectivity index (χ1n) is 23.4. The molecular formula is C65H45N. The van der Waals surface area contributed by atoms with Gasteiger partial charge in [-0.15, -0.1) is 0 Å². The summed E-state index contributed by atoms with van der Waals surface area (Å²) in [6.45, 7) is 9.58. The van der Waals surface area contributed by atoms with Crippen molar-refractivity contribution < 1.29 is 0 Å². The Morgan fingerprint density at radius 1 is 0.288 bits per heavy atom. The maximum absolute atomic E-state index is 5.05. The van der Waals surface area contributed by atoms with Crippen molar-refractivity contribution in [1.29, 1.82) is 0 Å². The Morgan fingerprint density at radius 3 is 1.50 bits per heavy atom. The Hall–Kier alpha value is -7.87. The molecule has 0 bridgehead atoms. The van der Waals surface area contributed by atoms with Gasteiger partial charge >= 0.3 is 0 Å². The van der Waals surface area contributed by atoms with Crippen molar-refractivity contribution >= 4 is 32.3 Å². The lowest BCUT2D eigenvalue weighted by Gasteiger charge is -2.24. The molecule has 1 heterocycles. The topological polar surface area (TPSA) is 12.9 Å². The third-order valence-corrected chi connectivity index (χ3v) is 15.7. The number of nitrogens with zero attached hydrogens (tertiary/aromatic N) is 1. The summed E-state index contributed by atoms with van der Waals surface area (Å²) < 4.78 is 0. The number of aromatic nitrogens is 1. The van der Waals surface area contributed by atoms with Crippen LogP contribution >= 0.6 is 0 Å². The van der Waals surface area contributed by atoms with Crippen LogP contribution in [-0.2, 0) is 10.8 Å². The van der Waals surface area contributed by atoms with Gasteiger partial charge in [-0.05, 0) is 158 Å². The van der Waals surface area contributed by atoms with Crippen molar-refractivity contribution in [3.05, 3.63) is 223 Å². The maximum Gasteiger partial charge on any atom is 0.0787 e. The molecule has 14 rings (SSSR count). The van der Waals surface area contributed by atoms with E-state index >= 15 is 0 Å². The van der Waals surface area contributed by atoms with E-state index in [4.69, 9.17) is 4.98 Å². The highest BCUT2D eigenvalue weighted by molar-refractivity contribution is 6.30. The summed E-state index contributed by atoms with van der Waals surface area (Å²) in [5.74, 6) is 0. The molecule has 66 heavy (non-hydrogen) atoms. The van der Waals surface area contributed by atoms with Crippen LogP contribution in [0.4, 0.5) is 0 Å². The standard InChI is InChI=1S/C65H45N/c1-64(2)57-20-12-11-18-46(57)47-26-22-41(33-58(47)64)42-23-27-48-49-28-24-43(35-60(49)65(3,4)59(48)34-42)52-36-55-50-30-29-44(39-16-9-6-10-17-39)61-51-19-13-31-66-63(51)56(62(50)61)37-54(55)45-25-21-40(32-53(45)52)38-14-7-5-8-15-38/h5-37H,1-4H3. The van der Waals surface area contributed by atoms with Gasteiger partial charge in [-0.2, -0.15) is 0 Å². The average molecular weight is 840 g/mol. The van der Waals surface area contributed by atoms with Gasteiger partial charge in [-0.3, -0.25) is 4.98 Å². The minimum absolute atomic E-state index is 0.0419. The normalized spacial score (nSPS) is 14.3. The van der Waals surface area contributed by atoms with Gasteiger partial charge in [0.25, 0.3) is 0 Å². The molecule has 1 aromatic heterocycles. The van der Waals surface area contributed by atoms with Crippen molar-refractivity contribution in [2.75, 3.05) is 0 Å². The van der Waals surface area contributed by atoms with Gasteiger partial charge < -0.3 is 0 Å². The number of hydrogen-bond donors (Lipinski definition) is 0. The minimum atomic E-state index is -0.202. The number of pyridine rings is 1. The van der Waals surface area contributed by atoms with Gasteiger partial charge in [0.1, 0.15) is 0 Å². The fourth-order valence-electron chi connectivity index (χ4n) is 12.3. The number of rotatable bonds is 4. The van der Waals surface area contributed by atoms with Crippen LogP contribution in [0.1, 0.15) is 49.9 Å². The van der Waals surface area contributed by atoms with Crippen molar-refractivity contribution in [2.45, 2.75) is 38.5 Å². The molecular weight excluding hydrogens is 795 g/mol. The molecule has 0 unspecified atom stereocenters. The van der Waals surface area contributed by atoms with Crippen molar-refractivity contribution in [3.8, 4) is 89.1 Å². The van der Waals surface area contributed by atoms with Gasteiger partial charge in [-0.1, -0.05) is 179 Å². The van der Waals surface area contributed by atoms with Crippen LogP contribution in [0.25, 0.3) is 121 Å². The van der Waals surface area contributed by atoms with Crippen LogP contribution in [0, 0.1) is 0 Å². The SMILES string of the molecule is CC1(C)c2ccccc2-c2ccc(-c3ccc4c(c3)C(C)(C)c3cc(-c5cc6c7ccc(-c8ccccc8)c8c7c(cc6c6ccc(-c7ccccc7)cc56)-c5ncccc5-8)ccc3-4)cc21. The first kappa shape index (κ1) is 37.5. The molecule has 310 valence electrons. The highest BCUT2D eigenvalue weighted by Crippen LogP contribution is 2.56. The monoisotopic (exact) mass is 839 g/mol. The molecule has 1 nitrogen and oxygen atoms in total. The van der Waals surface area contributed by atoms with Crippen LogP contribution in [0.3, 0.4) is 0 Å². The first-order chi connectivity index (χ1) is 32.2. The molecule has 10 aromatic carbocycles. The molecule has 11 aromatic rings. The lowest BCUT2D eigenvalue weighted by molar-refractivity contribution is 0.659. The zero-order valence-corrected chi connectivity index (χ0v) is 37.5. The van der Waals surface area contributed by atoms with E-state index in [1.54, 1.807) is 0 Å². The van der Waals surface area contributed by atoms with Gasteiger partial charge in [0, 0.05) is 39.1 Å². The average Bonchev–Trinajstić information content (AvgIpc) is 3.91. The molecule has 0 fully saturated rings. The molecule has 0 radical (unpaired) electrons. The van der Waals surface area contributed by atoms with Crippen molar-refractivity contribution in [1.82, 2.24) is 4.98 Å². The van der Waals surface area contributed by atoms with Gasteiger partial charge in [-0.25, -0.2) is 0 Å². The van der Waals surface area contributed by atoms with Crippen LogP contribution in [0.2, 0.25) is 0 Å². The second-order valence-electron chi connectivity index (χ2n) is 19.8. The zero-order valence-electron chi connectivity index (χ0n) is 37.5. The Balaban J connectivity index is 0.956. The highest BCUT2D eigenvalue weighted by Gasteiger charge is 2.38. The van der Waals surface area contributed by atoms with Crippen LogP contribution in [0.15, 0.2) is 200 Å². The van der Waals surface area contributed by atoms with E-state index < -0.39 is 0 Å². The Morgan fingerprint density at radius 2 is 0.788 bits per heavy atom. The molecule has 0 spiro atoms. The minimum Gasteiger partial charge on any atom is -0.256 e. The van der Waals surface area contributed by atoms with E-state index in [0.29, 0.717) is 0 Å².